The lowest BCUT2D eigenvalue weighted by Crippen LogP contribution is -2.08. The van der Waals surface area contributed by atoms with E-state index in [9.17, 15) is 0 Å². The molecule has 0 aliphatic carbocycles. The monoisotopic (exact) mass is 268 g/mol. The van der Waals surface area contributed by atoms with Crippen molar-refractivity contribution in [2.24, 2.45) is 0 Å². The van der Waals surface area contributed by atoms with E-state index in [1.165, 1.54) is 0 Å². The van der Waals surface area contributed by atoms with Crippen LogP contribution in [0.15, 0.2) is 16.6 Å². The highest BCUT2D eigenvalue weighted by atomic mass is 79.9. The lowest BCUT2D eigenvalue weighted by atomic mass is 10.1. The van der Waals surface area contributed by atoms with Gasteiger partial charge in [-0.15, -0.1) is 0 Å². The van der Waals surface area contributed by atoms with E-state index in [0.29, 0.717) is 0 Å². The van der Waals surface area contributed by atoms with Crippen LogP contribution in [0.5, 0.6) is 5.75 Å². The molecule has 0 saturated carbocycles. The number of nitriles is 1. The summed E-state index contributed by atoms with van der Waals surface area (Å²) in [6.07, 6.45) is 0. The van der Waals surface area contributed by atoms with Gasteiger partial charge in [-0.2, -0.15) is 5.26 Å². The Morgan fingerprint density at radius 3 is 2.87 bits per heavy atom. The van der Waals surface area contributed by atoms with E-state index in [1.807, 2.05) is 32.2 Å². The molecule has 1 aromatic rings. The molecule has 0 aromatic heterocycles. The van der Waals surface area contributed by atoms with Gasteiger partial charge in [0.25, 0.3) is 0 Å². The van der Waals surface area contributed by atoms with E-state index in [1.54, 1.807) is 0 Å². The first-order chi connectivity index (χ1) is 7.19. The first-order valence-corrected chi connectivity index (χ1v) is 5.41. The van der Waals surface area contributed by atoms with Crippen LogP contribution in [0.3, 0.4) is 0 Å². The lowest BCUT2D eigenvalue weighted by Gasteiger charge is -2.12. The highest BCUT2D eigenvalue weighted by Crippen LogP contribution is 2.27. The molecule has 0 spiro atoms. The third kappa shape index (κ3) is 3.22. The van der Waals surface area contributed by atoms with Crippen molar-refractivity contribution in [1.82, 2.24) is 5.32 Å². The first kappa shape index (κ1) is 12.0. The molecule has 1 rings (SSSR count). The van der Waals surface area contributed by atoms with Crippen molar-refractivity contribution < 1.29 is 4.74 Å². The van der Waals surface area contributed by atoms with Gasteiger partial charge in [0.05, 0.1) is 0 Å². The predicted molar refractivity (Wildman–Crippen MR) is 62.8 cm³/mol. The van der Waals surface area contributed by atoms with E-state index in [0.717, 1.165) is 27.9 Å². The molecule has 0 amide bonds. The van der Waals surface area contributed by atoms with Gasteiger partial charge in [0.2, 0.25) is 0 Å². The number of nitrogens with one attached hydrogen (secondary N) is 1. The molecule has 0 fully saturated rings. The summed E-state index contributed by atoms with van der Waals surface area (Å²) in [4.78, 5) is 0. The summed E-state index contributed by atoms with van der Waals surface area (Å²) in [5, 5.41) is 11.6. The van der Waals surface area contributed by atoms with Gasteiger partial charge in [0.15, 0.2) is 6.61 Å². The summed E-state index contributed by atoms with van der Waals surface area (Å²) in [7, 11) is 1.88. The van der Waals surface area contributed by atoms with Crippen molar-refractivity contribution in [3.63, 3.8) is 0 Å². The van der Waals surface area contributed by atoms with Gasteiger partial charge in [-0.1, -0.05) is 15.9 Å². The van der Waals surface area contributed by atoms with Crippen LogP contribution in [-0.4, -0.2) is 13.7 Å². The fourth-order valence-electron chi connectivity index (χ4n) is 1.43. The normalized spacial score (nSPS) is 9.73. The topological polar surface area (TPSA) is 45.0 Å². The summed E-state index contributed by atoms with van der Waals surface area (Å²) in [5.74, 6) is 0.800. The maximum absolute atomic E-state index is 8.49. The quantitative estimate of drug-likeness (QED) is 0.912. The van der Waals surface area contributed by atoms with Crippen LogP contribution in [0, 0.1) is 18.3 Å². The van der Waals surface area contributed by atoms with Crippen LogP contribution in [-0.2, 0) is 6.54 Å². The largest absolute Gasteiger partial charge is 0.478 e. The summed E-state index contributed by atoms with van der Waals surface area (Å²) >= 11 is 3.44. The molecule has 0 aliphatic rings. The molecule has 0 heterocycles. The highest BCUT2D eigenvalue weighted by molar-refractivity contribution is 9.10. The van der Waals surface area contributed by atoms with Crippen molar-refractivity contribution in [3.8, 4) is 11.8 Å². The highest BCUT2D eigenvalue weighted by Gasteiger charge is 2.08. The molecule has 0 unspecified atom stereocenters. The average molecular weight is 269 g/mol. The molecule has 0 atom stereocenters. The third-order valence-electron chi connectivity index (χ3n) is 1.96. The Bertz CT molecular complexity index is 385. The van der Waals surface area contributed by atoms with Crippen LogP contribution >= 0.6 is 15.9 Å². The van der Waals surface area contributed by atoms with E-state index in [-0.39, 0.29) is 6.61 Å². The predicted octanol–water partition coefficient (Wildman–Crippen LogP) is 2.38. The Balaban J connectivity index is 3.04. The smallest absolute Gasteiger partial charge is 0.174 e. The second kappa shape index (κ2) is 5.74. The van der Waals surface area contributed by atoms with Crippen molar-refractivity contribution in [1.29, 1.82) is 5.26 Å². The SMILES string of the molecule is CNCc1cc(Br)cc(C)c1OCC#N. The fraction of sp³-hybridized carbons (Fsp3) is 0.364. The van der Waals surface area contributed by atoms with Crippen molar-refractivity contribution in [2.75, 3.05) is 13.7 Å². The van der Waals surface area contributed by atoms with E-state index < -0.39 is 0 Å². The summed E-state index contributed by atoms with van der Waals surface area (Å²) in [6.45, 7) is 2.77. The fourth-order valence-corrected chi connectivity index (χ4v) is 2.05. The zero-order valence-electron chi connectivity index (χ0n) is 8.80. The molecule has 80 valence electrons. The molecule has 1 aromatic carbocycles. The minimum atomic E-state index is 0.0825. The van der Waals surface area contributed by atoms with Crippen LogP contribution in [0.2, 0.25) is 0 Å². The molecule has 1 N–H and O–H groups in total. The molecule has 4 heteroatoms. The number of ether oxygens (including phenoxy) is 1. The van der Waals surface area contributed by atoms with Crippen molar-refractivity contribution in [3.05, 3.63) is 27.7 Å². The zero-order valence-corrected chi connectivity index (χ0v) is 10.4. The zero-order chi connectivity index (χ0) is 11.3. The Hall–Kier alpha value is -1.05. The van der Waals surface area contributed by atoms with E-state index in [4.69, 9.17) is 10.00 Å². The number of rotatable bonds is 4. The second-order valence-corrected chi connectivity index (χ2v) is 4.10. The minimum Gasteiger partial charge on any atom is -0.478 e. The van der Waals surface area contributed by atoms with Gasteiger partial charge < -0.3 is 10.1 Å². The van der Waals surface area contributed by atoms with Crippen LogP contribution in [0.1, 0.15) is 11.1 Å². The molecule has 0 radical (unpaired) electrons. The average Bonchev–Trinajstić information content (AvgIpc) is 2.17. The molecule has 15 heavy (non-hydrogen) atoms. The number of halogens is 1. The second-order valence-electron chi connectivity index (χ2n) is 3.19. The summed E-state index contributed by atoms with van der Waals surface area (Å²) < 4.78 is 6.43. The van der Waals surface area contributed by atoms with Crippen LogP contribution in [0.4, 0.5) is 0 Å². The molecule has 0 aliphatic heterocycles. The first-order valence-electron chi connectivity index (χ1n) is 4.62. The summed E-state index contributed by atoms with van der Waals surface area (Å²) in [6, 6.07) is 5.95. The van der Waals surface area contributed by atoms with Gasteiger partial charge in [0, 0.05) is 16.6 Å². The van der Waals surface area contributed by atoms with Gasteiger partial charge in [-0.05, 0) is 31.7 Å². The number of benzene rings is 1. The molecular weight excluding hydrogens is 256 g/mol. The van der Waals surface area contributed by atoms with Crippen LogP contribution < -0.4 is 10.1 Å². The molecule has 0 bridgehead atoms. The Morgan fingerprint density at radius 2 is 2.27 bits per heavy atom. The molecule has 3 nitrogen and oxygen atoms in total. The third-order valence-corrected chi connectivity index (χ3v) is 2.42. The minimum absolute atomic E-state index is 0.0825. The Kier molecular flexibility index (Phi) is 4.60. The van der Waals surface area contributed by atoms with Gasteiger partial charge in [-0.3, -0.25) is 0 Å². The van der Waals surface area contributed by atoms with Crippen molar-refractivity contribution in [2.45, 2.75) is 13.5 Å². The lowest BCUT2D eigenvalue weighted by molar-refractivity contribution is 0.360. The van der Waals surface area contributed by atoms with Gasteiger partial charge in [0.1, 0.15) is 11.8 Å². The van der Waals surface area contributed by atoms with E-state index in [2.05, 4.69) is 21.2 Å². The number of hydrogen-bond donors (Lipinski definition) is 1. The number of aryl methyl sites for hydroxylation is 1. The number of nitrogens with zero attached hydrogens (tertiary/aromatic N) is 1. The van der Waals surface area contributed by atoms with Crippen LogP contribution in [0.25, 0.3) is 0 Å². The van der Waals surface area contributed by atoms with Gasteiger partial charge >= 0.3 is 0 Å². The Labute approximate surface area is 98.2 Å². The maximum Gasteiger partial charge on any atom is 0.174 e. The maximum atomic E-state index is 8.49. The molecular formula is C11H13BrN2O. The number of hydrogen-bond acceptors (Lipinski definition) is 3. The van der Waals surface area contributed by atoms with E-state index >= 15 is 0 Å². The van der Waals surface area contributed by atoms with Crippen molar-refractivity contribution >= 4 is 15.9 Å². The van der Waals surface area contributed by atoms with Gasteiger partial charge in [-0.25, -0.2) is 0 Å². The summed E-state index contributed by atoms with van der Waals surface area (Å²) in [5.41, 5.74) is 2.09. The Morgan fingerprint density at radius 1 is 1.53 bits per heavy atom. The molecule has 0 saturated heterocycles. The standard InChI is InChI=1S/C11H13BrN2O/c1-8-5-10(12)6-9(7-14-2)11(8)15-4-3-13/h5-6,14H,4,7H2,1-2H3.